The highest BCUT2D eigenvalue weighted by molar-refractivity contribution is 6.00. The van der Waals surface area contributed by atoms with E-state index in [-0.39, 0.29) is 18.4 Å². The number of hydrogen-bond donors (Lipinski definition) is 5. The third-order valence-electron chi connectivity index (χ3n) is 4.94. The number of fused-ring (bicyclic) bond motifs is 3. The van der Waals surface area contributed by atoms with E-state index in [9.17, 15) is 14.4 Å². The van der Waals surface area contributed by atoms with Crippen LogP contribution in [-0.2, 0) is 27.3 Å². The van der Waals surface area contributed by atoms with Gasteiger partial charge in [-0.3, -0.25) is 25.0 Å². The number of imide groups is 1. The lowest BCUT2D eigenvalue weighted by molar-refractivity contribution is -0.134. The van der Waals surface area contributed by atoms with Crippen molar-refractivity contribution in [3.63, 3.8) is 0 Å². The first-order chi connectivity index (χ1) is 13.4. The first-order valence-corrected chi connectivity index (χ1v) is 9.55. The fourth-order valence-corrected chi connectivity index (χ4v) is 3.58. The van der Waals surface area contributed by atoms with Crippen molar-refractivity contribution in [1.29, 1.82) is 0 Å². The van der Waals surface area contributed by atoms with Gasteiger partial charge < -0.3 is 16.0 Å². The highest BCUT2D eigenvalue weighted by atomic mass is 16.2. The van der Waals surface area contributed by atoms with Gasteiger partial charge in [0.25, 0.3) is 0 Å². The van der Waals surface area contributed by atoms with Crippen LogP contribution in [0, 0.1) is 5.92 Å². The zero-order valence-corrected chi connectivity index (χ0v) is 16.2. The summed E-state index contributed by atoms with van der Waals surface area (Å²) >= 11 is 0. The van der Waals surface area contributed by atoms with Gasteiger partial charge >= 0.3 is 0 Å². The van der Waals surface area contributed by atoms with E-state index in [4.69, 9.17) is 5.73 Å². The van der Waals surface area contributed by atoms with Crippen LogP contribution in [0.4, 0.5) is 0 Å². The maximum atomic E-state index is 12.8. The van der Waals surface area contributed by atoms with Gasteiger partial charge in [0.2, 0.25) is 17.7 Å². The van der Waals surface area contributed by atoms with Crippen LogP contribution in [0.15, 0.2) is 24.3 Å². The predicted octanol–water partition coefficient (Wildman–Crippen LogP) is 0.315. The Morgan fingerprint density at radius 2 is 2.00 bits per heavy atom. The average Bonchev–Trinajstić information content (AvgIpc) is 3.04. The SMILES string of the molecule is CC(C)C[C@H](NC(=O)[C@H]1Cc2c([nH]c3ccccc23)CN1)C(=O)NC(=O)CN. The molecule has 0 radical (unpaired) electrons. The number of aromatic nitrogens is 1. The van der Waals surface area contributed by atoms with Crippen molar-refractivity contribution in [2.24, 2.45) is 11.7 Å². The van der Waals surface area contributed by atoms with Crippen molar-refractivity contribution >= 4 is 28.6 Å². The van der Waals surface area contributed by atoms with Crippen LogP contribution in [0.1, 0.15) is 31.5 Å². The number of H-pyrrole nitrogens is 1. The fraction of sp³-hybridized carbons (Fsp3) is 0.450. The minimum Gasteiger partial charge on any atom is -0.357 e. The van der Waals surface area contributed by atoms with E-state index in [1.807, 2.05) is 38.1 Å². The summed E-state index contributed by atoms with van der Waals surface area (Å²) in [6, 6.07) is 6.78. The molecule has 8 heteroatoms. The van der Waals surface area contributed by atoms with E-state index < -0.39 is 23.9 Å². The van der Waals surface area contributed by atoms with Gasteiger partial charge in [-0.15, -0.1) is 0 Å². The number of carbonyl (C=O) groups is 3. The molecule has 0 aliphatic carbocycles. The first-order valence-electron chi connectivity index (χ1n) is 9.55. The Labute approximate surface area is 163 Å². The molecule has 0 bridgehead atoms. The molecule has 0 saturated heterocycles. The topological polar surface area (TPSA) is 129 Å². The molecule has 1 aromatic carbocycles. The molecule has 1 aliphatic rings. The second-order valence-corrected chi connectivity index (χ2v) is 7.57. The van der Waals surface area contributed by atoms with Crippen LogP contribution in [0.2, 0.25) is 0 Å². The largest absolute Gasteiger partial charge is 0.357 e. The van der Waals surface area contributed by atoms with Crippen LogP contribution in [-0.4, -0.2) is 41.3 Å². The number of nitrogens with one attached hydrogen (secondary N) is 4. The molecule has 3 amide bonds. The zero-order chi connectivity index (χ0) is 20.3. The summed E-state index contributed by atoms with van der Waals surface area (Å²) in [6.07, 6.45) is 0.962. The Morgan fingerprint density at radius 3 is 2.71 bits per heavy atom. The van der Waals surface area contributed by atoms with E-state index in [0.717, 1.165) is 22.2 Å². The summed E-state index contributed by atoms with van der Waals surface area (Å²) < 4.78 is 0. The maximum Gasteiger partial charge on any atom is 0.249 e. The Balaban J connectivity index is 1.71. The van der Waals surface area contributed by atoms with Crippen LogP contribution in [0.3, 0.4) is 0 Å². The molecule has 0 unspecified atom stereocenters. The number of rotatable bonds is 6. The van der Waals surface area contributed by atoms with Crippen LogP contribution >= 0.6 is 0 Å². The normalized spacial score (nSPS) is 17.2. The lowest BCUT2D eigenvalue weighted by Crippen LogP contribution is -2.55. The molecule has 2 heterocycles. The monoisotopic (exact) mass is 385 g/mol. The smallest absolute Gasteiger partial charge is 0.249 e. The van der Waals surface area contributed by atoms with Gasteiger partial charge in [0.1, 0.15) is 6.04 Å². The molecular formula is C20H27N5O3. The van der Waals surface area contributed by atoms with Gasteiger partial charge in [-0.05, 0) is 30.4 Å². The Kier molecular flexibility index (Phi) is 6.11. The maximum absolute atomic E-state index is 12.8. The molecule has 1 aliphatic heterocycles. The minimum atomic E-state index is -0.783. The molecule has 2 aromatic rings. The third-order valence-corrected chi connectivity index (χ3v) is 4.94. The second-order valence-electron chi connectivity index (χ2n) is 7.57. The molecule has 0 saturated carbocycles. The van der Waals surface area contributed by atoms with Crippen LogP contribution in [0.5, 0.6) is 0 Å². The molecule has 0 spiro atoms. The summed E-state index contributed by atoms with van der Waals surface area (Å²) in [6.45, 7) is 4.18. The third kappa shape index (κ3) is 4.40. The molecule has 1 aromatic heterocycles. The van der Waals surface area contributed by atoms with Gasteiger partial charge in [0.05, 0.1) is 12.6 Å². The minimum absolute atomic E-state index is 0.170. The summed E-state index contributed by atoms with van der Waals surface area (Å²) in [4.78, 5) is 40.0. The highest BCUT2D eigenvalue weighted by Gasteiger charge is 2.30. The Bertz CT molecular complexity index is 889. The quantitative estimate of drug-likeness (QED) is 0.489. The summed E-state index contributed by atoms with van der Waals surface area (Å²) in [5.74, 6) is -1.17. The first kappa shape index (κ1) is 20.0. The lowest BCUT2D eigenvalue weighted by Gasteiger charge is -2.26. The number of hydrogen-bond acceptors (Lipinski definition) is 5. The zero-order valence-electron chi connectivity index (χ0n) is 16.2. The molecule has 0 fully saturated rings. The number of para-hydroxylation sites is 1. The standard InChI is InChI=1S/C20H27N5O3/c1-11(2)7-16(20(28)25-18(26)9-21)24-19(27)15-8-13-12-5-3-4-6-14(12)23-17(13)10-22-15/h3-6,11,15-16,22-23H,7-10,21H2,1-2H3,(H,24,27)(H,25,26,28)/t15-,16+/m1/s1. The van der Waals surface area contributed by atoms with Gasteiger partial charge in [0, 0.05) is 23.1 Å². The predicted molar refractivity (Wildman–Crippen MR) is 106 cm³/mol. The van der Waals surface area contributed by atoms with Gasteiger partial charge in [-0.1, -0.05) is 32.0 Å². The lowest BCUT2D eigenvalue weighted by atomic mass is 9.97. The van der Waals surface area contributed by atoms with E-state index in [2.05, 4.69) is 20.9 Å². The molecule has 3 rings (SSSR count). The highest BCUT2D eigenvalue weighted by Crippen LogP contribution is 2.26. The summed E-state index contributed by atoms with van der Waals surface area (Å²) in [5, 5.41) is 9.37. The van der Waals surface area contributed by atoms with Crippen LogP contribution in [0.25, 0.3) is 10.9 Å². The van der Waals surface area contributed by atoms with Gasteiger partial charge in [-0.2, -0.15) is 0 Å². The van der Waals surface area contributed by atoms with E-state index in [0.29, 0.717) is 19.4 Å². The van der Waals surface area contributed by atoms with E-state index in [1.54, 1.807) is 0 Å². The molecule has 150 valence electrons. The van der Waals surface area contributed by atoms with Crippen LogP contribution < -0.4 is 21.7 Å². The number of carbonyl (C=O) groups excluding carboxylic acids is 3. The van der Waals surface area contributed by atoms with Crippen molar-refractivity contribution in [3.8, 4) is 0 Å². The summed E-state index contributed by atoms with van der Waals surface area (Å²) in [7, 11) is 0. The summed E-state index contributed by atoms with van der Waals surface area (Å²) in [5.41, 5.74) is 8.51. The average molecular weight is 385 g/mol. The molecule has 8 nitrogen and oxygen atoms in total. The molecule has 28 heavy (non-hydrogen) atoms. The van der Waals surface area contributed by atoms with Crippen molar-refractivity contribution in [2.45, 2.75) is 45.3 Å². The molecule has 6 N–H and O–H groups in total. The fourth-order valence-electron chi connectivity index (χ4n) is 3.58. The number of aromatic amines is 1. The Hall–Kier alpha value is -2.71. The number of nitrogens with two attached hydrogens (primary N) is 1. The van der Waals surface area contributed by atoms with Gasteiger partial charge in [-0.25, -0.2) is 0 Å². The number of benzene rings is 1. The van der Waals surface area contributed by atoms with E-state index in [1.165, 1.54) is 0 Å². The van der Waals surface area contributed by atoms with Crippen molar-refractivity contribution < 1.29 is 14.4 Å². The van der Waals surface area contributed by atoms with Crippen molar-refractivity contribution in [1.82, 2.24) is 20.9 Å². The Morgan fingerprint density at radius 1 is 1.25 bits per heavy atom. The molecular weight excluding hydrogens is 358 g/mol. The van der Waals surface area contributed by atoms with Crippen molar-refractivity contribution in [3.05, 3.63) is 35.5 Å². The molecule has 2 atom stereocenters. The van der Waals surface area contributed by atoms with Gasteiger partial charge in [0.15, 0.2) is 0 Å². The van der Waals surface area contributed by atoms with Crippen molar-refractivity contribution in [2.75, 3.05) is 6.54 Å². The second kappa shape index (κ2) is 8.53. The number of amides is 3. The van der Waals surface area contributed by atoms with E-state index >= 15 is 0 Å².